The number of ether oxygens (including phenoxy) is 2. The Labute approximate surface area is 127 Å². The third-order valence-corrected chi connectivity index (χ3v) is 3.96. The predicted molar refractivity (Wildman–Crippen MR) is 81.0 cm³/mol. The number of carbonyl (C=O) groups excluding carboxylic acids is 1. The van der Waals surface area contributed by atoms with Crippen LogP contribution in [0.15, 0.2) is 28.0 Å². The Morgan fingerprint density at radius 3 is 2.81 bits per heavy atom. The molecule has 114 valence electrons. The summed E-state index contributed by atoms with van der Waals surface area (Å²) in [6.07, 6.45) is 0.812. The maximum absolute atomic E-state index is 12.3. The van der Waals surface area contributed by atoms with Crippen LogP contribution in [0.5, 0.6) is 5.75 Å². The van der Waals surface area contributed by atoms with Gasteiger partial charge in [0, 0.05) is 13.5 Å². The van der Waals surface area contributed by atoms with Crippen molar-refractivity contribution in [1.29, 1.82) is 0 Å². The van der Waals surface area contributed by atoms with Crippen molar-refractivity contribution in [1.82, 2.24) is 5.32 Å². The zero-order valence-electron chi connectivity index (χ0n) is 12.3. The summed E-state index contributed by atoms with van der Waals surface area (Å²) in [7, 11) is 3.14. The fourth-order valence-corrected chi connectivity index (χ4v) is 2.74. The average Bonchev–Trinajstić information content (AvgIpc) is 3.15. The summed E-state index contributed by atoms with van der Waals surface area (Å²) in [5.41, 5.74) is 0. The van der Waals surface area contributed by atoms with E-state index in [9.17, 15) is 4.79 Å². The van der Waals surface area contributed by atoms with E-state index in [4.69, 9.17) is 13.9 Å². The fraction of sp³-hybridized carbons (Fsp3) is 0.400. The molecule has 1 atom stereocenters. The number of carbonyl (C=O) groups is 1. The number of aryl methyl sites for hydroxylation is 1. The van der Waals surface area contributed by atoms with Crippen LogP contribution >= 0.6 is 11.3 Å². The molecule has 2 aromatic rings. The number of hydrogen-bond acceptors (Lipinski definition) is 5. The number of methoxy groups -OCH3 is 2. The second-order valence-electron chi connectivity index (χ2n) is 4.46. The third-order valence-electron chi connectivity index (χ3n) is 3.07. The molecule has 0 aromatic carbocycles. The summed E-state index contributed by atoms with van der Waals surface area (Å²) in [5, 5.41) is 4.74. The molecular formula is C15H19NO4S. The van der Waals surface area contributed by atoms with Crippen LogP contribution in [0.25, 0.3) is 0 Å². The van der Waals surface area contributed by atoms with E-state index in [0.717, 1.165) is 12.2 Å². The van der Waals surface area contributed by atoms with Gasteiger partial charge in [0.05, 0.1) is 13.7 Å². The molecule has 6 heteroatoms. The van der Waals surface area contributed by atoms with E-state index in [1.165, 1.54) is 11.3 Å². The SMILES string of the molecule is CCc1ccc([C@H](COC)NC(=O)c2sccc2OC)o1. The first-order valence-corrected chi connectivity index (χ1v) is 7.57. The minimum absolute atomic E-state index is 0.196. The van der Waals surface area contributed by atoms with E-state index in [1.807, 2.05) is 24.4 Å². The summed E-state index contributed by atoms with van der Waals surface area (Å²) in [4.78, 5) is 12.9. The van der Waals surface area contributed by atoms with Gasteiger partial charge in [-0.3, -0.25) is 4.79 Å². The number of nitrogens with one attached hydrogen (secondary N) is 1. The van der Waals surface area contributed by atoms with E-state index < -0.39 is 0 Å². The normalized spacial score (nSPS) is 12.1. The van der Waals surface area contributed by atoms with Crippen LogP contribution in [-0.2, 0) is 11.2 Å². The molecule has 2 rings (SSSR count). The lowest BCUT2D eigenvalue weighted by molar-refractivity contribution is 0.0883. The van der Waals surface area contributed by atoms with Crippen LogP contribution < -0.4 is 10.1 Å². The lowest BCUT2D eigenvalue weighted by Gasteiger charge is -2.15. The molecule has 2 aromatic heterocycles. The minimum Gasteiger partial charge on any atom is -0.495 e. The first-order chi connectivity index (χ1) is 10.2. The van der Waals surface area contributed by atoms with Gasteiger partial charge in [0.15, 0.2) is 0 Å². The highest BCUT2D eigenvalue weighted by atomic mass is 32.1. The predicted octanol–water partition coefficient (Wildman–Crippen LogP) is 3.03. The van der Waals surface area contributed by atoms with Gasteiger partial charge in [-0.2, -0.15) is 0 Å². The minimum atomic E-state index is -0.324. The number of thiophene rings is 1. The van der Waals surface area contributed by atoms with E-state index >= 15 is 0 Å². The van der Waals surface area contributed by atoms with Gasteiger partial charge < -0.3 is 19.2 Å². The number of rotatable bonds is 7. The molecule has 0 aliphatic rings. The lowest BCUT2D eigenvalue weighted by atomic mass is 10.2. The Morgan fingerprint density at radius 1 is 1.38 bits per heavy atom. The van der Waals surface area contributed by atoms with Crippen LogP contribution in [-0.4, -0.2) is 26.7 Å². The molecule has 21 heavy (non-hydrogen) atoms. The van der Waals surface area contributed by atoms with E-state index in [0.29, 0.717) is 23.0 Å². The average molecular weight is 309 g/mol. The van der Waals surface area contributed by atoms with Gasteiger partial charge in [-0.1, -0.05) is 6.92 Å². The lowest BCUT2D eigenvalue weighted by Crippen LogP contribution is -2.30. The molecule has 0 aliphatic carbocycles. The second kappa shape index (κ2) is 7.28. The van der Waals surface area contributed by atoms with E-state index in [2.05, 4.69) is 5.32 Å². The summed E-state index contributed by atoms with van der Waals surface area (Å²) < 4.78 is 16.0. The van der Waals surface area contributed by atoms with Crippen molar-refractivity contribution in [2.75, 3.05) is 20.8 Å². The molecular weight excluding hydrogens is 290 g/mol. The molecule has 1 N–H and O–H groups in total. The van der Waals surface area contributed by atoms with Gasteiger partial charge >= 0.3 is 0 Å². The highest BCUT2D eigenvalue weighted by molar-refractivity contribution is 7.12. The van der Waals surface area contributed by atoms with Crippen molar-refractivity contribution >= 4 is 17.2 Å². The summed E-state index contributed by atoms with van der Waals surface area (Å²) in [6, 6.07) is 5.23. The zero-order chi connectivity index (χ0) is 15.2. The number of amides is 1. The Balaban J connectivity index is 2.14. The first kappa shape index (κ1) is 15.6. The van der Waals surface area contributed by atoms with Crippen LogP contribution in [0.3, 0.4) is 0 Å². The van der Waals surface area contributed by atoms with Crippen molar-refractivity contribution in [3.63, 3.8) is 0 Å². The fourth-order valence-electron chi connectivity index (χ4n) is 1.98. The van der Waals surface area contributed by atoms with Gasteiger partial charge in [-0.05, 0) is 23.6 Å². The molecule has 0 aliphatic heterocycles. The monoisotopic (exact) mass is 309 g/mol. The Morgan fingerprint density at radius 2 is 2.19 bits per heavy atom. The smallest absolute Gasteiger partial charge is 0.265 e. The van der Waals surface area contributed by atoms with E-state index in [-0.39, 0.29) is 11.9 Å². The van der Waals surface area contributed by atoms with Crippen LogP contribution in [0.2, 0.25) is 0 Å². The van der Waals surface area contributed by atoms with Gasteiger partial charge in [-0.15, -0.1) is 11.3 Å². The van der Waals surface area contributed by atoms with Crippen LogP contribution in [0.1, 0.15) is 34.2 Å². The highest BCUT2D eigenvalue weighted by Gasteiger charge is 2.21. The maximum atomic E-state index is 12.3. The highest BCUT2D eigenvalue weighted by Crippen LogP contribution is 2.25. The van der Waals surface area contributed by atoms with Crippen molar-refractivity contribution in [2.24, 2.45) is 0 Å². The quantitative estimate of drug-likeness (QED) is 0.854. The molecule has 0 radical (unpaired) electrons. The molecule has 1 amide bonds. The van der Waals surface area contributed by atoms with Crippen LogP contribution in [0, 0.1) is 0 Å². The van der Waals surface area contributed by atoms with Gasteiger partial charge in [0.1, 0.15) is 28.2 Å². The van der Waals surface area contributed by atoms with Gasteiger partial charge in [0.25, 0.3) is 5.91 Å². The molecule has 0 unspecified atom stereocenters. The maximum Gasteiger partial charge on any atom is 0.265 e. The van der Waals surface area contributed by atoms with Gasteiger partial charge in [-0.25, -0.2) is 0 Å². The first-order valence-electron chi connectivity index (χ1n) is 6.69. The topological polar surface area (TPSA) is 60.7 Å². The van der Waals surface area contributed by atoms with Gasteiger partial charge in [0.2, 0.25) is 0 Å². The molecule has 5 nitrogen and oxygen atoms in total. The van der Waals surface area contributed by atoms with Crippen molar-refractivity contribution in [2.45, 2.75) is 19.4 Å². The molecule has 0 bridgehead atoms. The zero-order valence-corrected chi connectivity index (χ0v) is 13.2. The van der Waals surface area contributed by atoms with Crippen molar-refractivity contribution in [3.8, 4) is 5.75 Å². The van der Waals surface area contributed by atoms with Crippen molar-refractivity contribution in [3.05, 3.63) is 40.0 Å². The largest absolute Gasteiger partial charge is 0.495 e. The summed E-state index contributed by atoms with van der Waals surface area (Å²) in [5.74, 6) is 1.95. The second-order valence-corrected chi connectivity index (χ2v) is 5.37. The van der Waals surface area contributed by atoms with E-state index in [1.54, 1.807) is 20.3 Å². The standard InChI is InChI=1S/C15H19NO4S/c1-4-10-5-6-12(20-10)11(9-18-2)16-15(17)14-13(19-3)7-8-21-14/h5-8,11H,4,9H2,1-3H3,(H,16,17)/t11-/m0/s1. The summed E-state index contributed by atoms with van der Waals surface area (Å²) in [6.45, 7) is 2.36. The Kier molecular flexibility index (Phi) is 5.41. The molecule has 0 spiro atoms. The van der Waals surface area contributed by atoms with Crippen LogP contribution in [0.4, 0.5) is 0 Å². The Hall–Kier alpha value is -1.79. The third kappa shape index (κ3) is 3.65. The molecule has 0 fully saturated rings. The molecule has 0 saturated heterocycles. The Bertz CT molecular complexity index is 590. The molecule has 2 heterocycles. The summed E-state index contributed by atoms with van der Waals surface area (Å²) >= 11 is 1.34. The van der Waals surface area contributed by atoms with Crippen molar-refractivity contribution < 1.29 is 18.7 Å². The number of hydrogen-bond donors (Lipinski definition) is 1. The molecule has 0 saturated carbocycles. The number of furan rings is 1.